The number of hydrogen-bond acceptors (Lipinski definition) is 2. The molecule has 2 atom stereocenters. The molecule has 112 valence electrons. The van der Waals surface area contributed by atoms with Crippen molar-refractivity contribution in [2.45, 2.75) is 51.5 Å². The summed E-state index contributed by atoms with van der Waals surface area (Å²) in [5.74, 6) is 0.684. The Morgan fingerprint density at radius 1 is 1.30 bits per heavy atom. The molecule has 0 aromatic heterocycles. The Morgan fingerprint density at radius 2 is 2.10 bits per heavy atom. The Balaban J connectivity index is 2.16. The van der Waals surface area contributed by atoms with Crippen LogP contribution in [0, 0.1) is 11.7 Å². The Kier molecular flexibility index (Phi) is 5.84. The third-order valence-electron chi connectivity index (χ3n) is 4.54. The summed E-state index contributed by atoms with van der Waals surface area (Å²) in [5, 5.41) is 0. The molecule has 2 rings (SSSR count). The highest BCUT2D eigenvalue weighted by Gasteiger charge is 2.27. The summed E-state index contributed by atoms with van der Waals surface area (Å²) in [5.41, 5.74) is 6.41. The van der Waals surface area contributed by atoms with E-state index in [9.17, 15) is 4.39 Å². The molecule has 1 aromatic carbocycles. The third kappa shape index (κ3) is 3.72. The number of nitrogens with two attached hydrogens (primary N) is 1. The SMILES string of the molecule is CCC1CCCC(N(CCCN)c2ccccc2F)C1. The van der Waals surface area contributed by atoms with Gasteiger partial charge in [0.05, 0.1) is 5.69 Å². The largest absolute Gasteiger partial charge is 0.366 e. The summed E-state index contributed by atoms with van der Waals surface area (Å²) >= 11 is 0. The number of para-hydroxylation sites is 1. The molecule has 0 spiro atoms. The highest BCUT2D eigenvalue weighted by atomic mass is 19.1. The Morgan fingerprint density at radius 3 is 2.80 bits per heavy atom. The summed E-state index contributed by atoms with van der Waals surface area (Å²) in [4.78, 5) is 2.27. The molecule has 0 amide bonds. The highest BCUT2D eigenvalue weighted by molar-refractivity contribution is 5.48. The summed E-state index contributed by atoms with van der Waals surface area (Å²) in [7, 11) is 0. The van der Waals surface area contributed by atoms with Crippen molar-refractivity contribution < 1.29 is 4.39 Å². The molecule has 3 heteroatoms. The molecular weight excluding hydrogens is 251 g/mol. The van der Waals surface area contributed by atoms with E-state index in [0.29, 0.717) is 12.6 Å². The average Bonchev–Trinajstić information content (AvgIpc) is 2.49. The monoisotopic (exact) mass is 278 g/mol. The molecule has 20 heavy (non-hydrogen) atoms. The lowest BCUT2D eigenvalue weighted by molar-refractivity contribution is 0.301. The van der Waals surface area contributed by atoms with Gasteiger partial charge in [0.25, 0.3) is 0 Å². The highest BCUT2D eigenvalue weighted by Crippen LogP contribution is 2.33. The Bertz CT molecular complexity index is 408. The van der Waals surface area contributed by atoms with Crippen LogP contribution < -0.4 is 10.6 Å². The van der Waals surface area contributed by atoms with Crippen LogP contribution in [0.4, 0.5) is 10.1 Å². The molecule has 0 saturated heterocycles. The molecule has 2 N–H and O–H groups in total. The first-order chi connectivity index (χ1) is 9.76. The fourth-order valence-corrected chi connectivity index (χ4v) is 3.36. The maximum absolute atomic E-state index is 14.1. The average molecular weight is 278 g/mol. The first-order valence-electron chi connectivity index (χ1n) is 7.97. The van der Waals surface area contributed by atoms with E-state index in [0.717, 1.165) is 24.6 Å². The van der Waals surface area contributed by atoms with E-state index < -0.39 is 0 Å². The van der Waals surface area contributed by atoms with Crippen molar-refractivity contribution in [3.8, 4) is 0 Å². The predicted octanol–water partition coefficient (Wildman–Crippen LogP) is 3.95. The van der Waals surface area contributed by atoms with E-state index in [4.69, 9.17) is 5.73 Å². The van der Waals surface area contributed by atoms with Crippen LogP contribution in [-0.4, -0.2) is 19.1 Å². The lowest BCUT2D eigenvalue weighted by atomic mass is 9.83. The fraction of sp³-hybridized carbons (Fsp3) is 0.647. The van der Waals surface area contributed by atoms with Gasteiger partial charge < -0.3 is 10.6 Å². The van der Waals surface area contributed by atoms with Gasteiger partial charge in [-0.25, -0.2) is 4.39 Å². The van der Waals surface area contributed by atoms with Gasteiger partial charge in [-0.3, -0.25) is 0 Å². The van der Waals surface area contributed by atoms with Crippen molar-refractivity contribution in [3.05, 3.63) is 30.1 Å². The van der Waals surface area contributed by atoms with Gasteiger partial charge in [0.1, 0.15) is 5.82 Å². The molecular formula is C17H27FN2. The minimum atomic E-state index is -0.108. The smallest absolute Gasteiger partial charge is 0.146 e. The van der Waals surface area contributed by atoms with Gasteiger partial charge in [-0.2, -0.15) is 0 Å². The van der Waals surface area contributed by atoms with Crippen LogP contribution in [0.3, 0.4) is 0 Å². The van der Waals surface area contributed by atoms with Crippen molar-refractivity contribution >= 4 is 5.69 Å². The summed E-state index contributed by atoms with van der Waals surface area (Å²) in [6.45, 7) is 3.79. The topological polar surface area (TPSA) is 29.3 Å². The van der Waals surface area contributed by atoms with Gasteiger partial charge in [-0.1, -0.05) is 38.3 Å². The van der Waals surface area contributed by atoms with Crippen LogP contribution in [0.5, 0.6) is 0 Å². The molecule has 2 nitrogen and oxygen atoms in total. The number of benzene rings is 1. The zero-order valence-electron chi connectivity index (χ0n) is 12.5. The van der Waals surface area contributed by atoms with Crippen LogP contribution >= 0.6 is 0 Å². The van der Waals surface area contributed by atoms with Crippen molar-refractivity contribution in [1.29, 1.82) is 0 Å². The van der Waals surface area contributed by atoms with Gasteiger partial charge in [0.2, 0.25) is 0 Å². The molecule has 2 unspecified atom stereocenters. The Hall–Kier alpha value is -1.09. The maximum atomic E-state index is 14.1. The van der Waals surface area contributed by atoms with E-state index >= 15 is 0 Å². The second kappa shape index (κ2) is 7.63. The van der Waals surface area contributed by atoms with Gasteiger partial charge >= 0.3 is 0 Å². The van der Waals surface area contributed by atoms with E-state index in [-0.39, 0.29) is 5.82 Å². The molecule has 1 aliphatic rings. The zero-order valence-corrected chi connectivity index (χ0v) is 12.5. The van der Waals surface area contributed by atoms with Crippen LogP contribution in [0.1, 0.15) is 45.4 Å². The van der Waals surface area contributed by atoms with E-state index in [1.807, 2.05) is 12.1 Å². The second-order valence-electron chi connectivity index (χ2n) is 5.88. The molecule has 1 aliphatic carbocycles. The van der Waals surface area contributed by atoms with Crippen molar-refractivity contribution in [2.24, 2.45) is 11.7 Å². The third-order valence-corrected chi connectivity index (χ3v) is 4.54. The van der Waals surface area contributed by atoms with E-state index in [2.05, 4.69) is 11.8 Å². The van der Waals surface area contributed by atoms with Crippen LogP contribution in [0.15, 0.2) is 24.3 Å². The standard InChI is InChI=1S/C17H27FN2/c1-2-14-7-5-8-15(13-14)20(12-6-11-19)17-10-4-3-9-16(17)18/h3-4,9-10,14-15H,2,5-8,11-13,19H2,1H3. The van der Waals surface area contributed by atoms with E-state index in [1.54, 1.807) is 12.1 Å². The first kappa shape index (κ1) is 15.3. The molecule has 0 heterocycles. The quantitative estimate of drug-likeness (QED) is 0.853. The molecule has 1 saturated carbocycles. The van der Waals surface area contributed by atoms with Crippen molar-refractivity contribution in [1.82, 2.24) is 0 Å². The second-order valence-corrected chi connectivity index (χ2v) is 5.88. The van der Waals surface area contributed by atoms with Crippen molar-refractivity contribution in [3.63, 3.8) is 0 Å². The number of halogens is 1. The summed E-state index contributed by atoms with van der Waals surface area (Å²) in [6.07, 6.45) is 7.11. The van der Waals surface area contributed by atoms with Gasteiger partial charge in [-0.15, -0.1) is 0 Å². The molecule has 1 aromatic rings. The first-order valence-corrected chi connectivity index (χ1v) is 7.97. The lowest BCUT2D eigenvalue weighted by Crippen LogP contribution is -2.40. The fourth-order valence-electron chi connectivity index (χ4n) is 3.36. The van der Waals surface area contributed by atoms with E-state index in [1.165, 1.54) is 32.1 Å². The van der Waals surface area contributed by atoms with Crippen LogP contribution in [0.25, 0.3) is 0 Å². The molecule has 0 bridgehead atoms. The van der Waals surface area contributed by atoms with Crippen LogP contribution in [-0.2, 0) is 0 Å². The number of anilines is 1. The molecule has 1 fully saturated rings. The van der Waals surface area contributed by atoms with Gasteiger partial charge in [-0.05, 0) is 43.9 Å². The normalized spacial score (nSPS) is 22.8. The van der Waals surface area contributed by atoms with Gasteiger partial charge in [0.15, 0.2) is 0 Å². The number of rotatable bonds is 6. The molecule has 0 radical (unpaired) electrons. The summed E-state index contributed by atoms with van der Waals surface area (Å²) < 4.78 is 14.1. The summed E-state index contributed by atoms with van der Waals surface area (Å²) in [6, 6.07) is 7.62. The Labute approximate surface area is 122 Å². The minimum Gasteiger partial charge on any atom is -0.366 e. The number of nitrogens with zero attached hydrogens (tertiary/aromatic N) is 1. The lowest BCUT2D eigenvalue weighted by Gasteiger charge is -2.39. The number of hydrogen-bond donors (Lipinski definition) is 1. The van der Waals surface area contributed by atoms with Gasteiger partial charge in [0, 0.05) is 12.6 Å². The minimum absolute atomic E-state index is 0.108. The predicted molar refractivity (Wildman–Crippen MR) is 83.5 cm³/mol. The van der Waals surface area contributed by atoms with Crippen LogP contribution in [0.2, 0.25) is 0 Å². The zero-order chi connectivity index (χ0) is 14.4. The maximum Gasteiger partial charge on any atom is 0.146 e. The molecule has 0 aliphatic heterocycles. The van der Waals surface area contributed by atoms with Crippen molar-refractivity contribution in [2.75, 3.05) is 18.0 Å².